The highest BCUT2D eigenvalue weighted by Gasteiger charge is 2.28. The minimum Gasteiger partial charge on any atom is -0.384 e. The first kappa shape index (κ1) is 20.9. The molecule has 0 aromatic rings. The molecule has 0 fully saturated rings. The van der Waals surface area contributed by atoms with E-state index in [0.717, 1.165) is 6.29 Å². The fourth-order valence-corrected chi connectivity index (χ4v) is 2.49. The maximum Gasteiger partial charge on any atom is 0.179 e. The van der Waals surface area contributed by atoms with Crippen LogP contribution in [0.2, 0.25) is 0 Å². The highest BCUT2D eigenvalue weighted by molar-refractivity contribution is 9.18. The van der Waals surface area contributed by atoms with Gasteiger partial charge in [0.05, 0.1) is 0 Å². The molecule has 0 amide bonds. The molecule has 0 aromatic heterocycles. The van der Waals surface area contributed by atoms with Crippen LogP contribution in [0.5, 0.6) is 0 Å². The zero-order chi connectivity index (χ0) is 18.7. The lowest BCUT2D eigenvalue weighted by molar-refractivity contribution is -0.104. The second kappa shape index (κ2) is 11.4. The number of halogens is 1. The molecule has 1 heterocycles. The Labute approximate surface area is 156 Å². The predicted molar refractivity (Wildman–Crippen MR) is 105 cm³/mol. The van der Waals surface area contributed by atoms with Crippen LogP contribution in [0.4, 0.5) is 0 Å². The van der Waals surface area contributed by atoms with Gasteiger partial charge < -0.3 is 20.7 Å². The lowest BCUT2D eigenvalue weighted by Gasteiger charge is -2.18. The average Bonchev–Trinajstić information content (AvgIpc) is 2.93. The first-order valence-electron chi connectivity index (χ1n) is 7.85. The van der Waals surface area contributed by atoms with Crippen molar-refractivity contribution in [3.8, 4) is 0 Å². The number of carbonyl (C=O) groups is 1. The van der Waals surface area contributed by atoms with Gasteiger partial charge in [0.15, 0.2) is 10.6 Å². The van der Waals surface area contributed by atoms with Crippen molar-refractivity contribution in [2.45, 2.75) is 13.3 Å². The van der Waals surface area contributed by atoms with E-state index in [9.17, 15) is 4.79 Å². The zero-order valence-electron chi connectivity index (χ0n) is 14.5. The number of hydrogen-bond donors (Lipinski definition) is 2. The van der Waals surface area contributed by atoms with E-state index in [0.29, 0.717) is 47.2 Å². The van der Waals surface area contributed by atoms with Gasteiger partial charge in [-0.15, -0.1) is 0 Å². The largest absolute Gasteiger partial charge is 0.384 e. The van der Waals surface area contributed by atoms with E-state index in [1.54, 1.807) is 25.3 Å². The SMILES string of the molecule is C=C/C=C(C=O)\C=C/CCN1C(Br)=NC(=C(\N)NC)/C1=N\COCC. The highest BCUT2D eigenvalue weighted by Crippen LogP contribution is 2.21. The Balaban J connectivity index is 2.88. The topological polar surface area (TPSA) is 92.3 Å². The molecule has 0 bridgehead atoms. The van der Waals surface area contributed by atoms with Gasteiger partial charge in [0.2, 0.25) is 0 Å². The number of rotatable bonds is 10. The molecule has 0 aliphatic carbocycles. The molecule has 25 heavy (non-hydrogen) atoms. The second-order valence-corrected chi connectivity index (χ2v) is 5.57. The minimum absolute atomic E-state index is 0.228. The van der Waals surface area contributed by atoms with Gasteiger partial charge in [-0.1, -0.05) is 30.9 Å². The maximum atomic E-state index is 10.9. The van der Waals surface area contributed by atoms with E-state index in [2.05, 4.69) is 37.8 Å². The summed E-state index contributed by atoms with van der Waals surface area (Å²) in [6, 6.07) is 0. The molecule has 8 heteroatoms. The van der Waals surface area contributed by atoms with Crippen LogP contribution < -0.4 is 11.1 Å². The molecule has 1 rings (SSSR count). The lowest BCUT2D eigenvalue weighted by Crippen LogP contribution is -2.32. The van der Waals surface area contributed by atoms with Crippen LogP contribution in [0, 0.1) is 0 Å². The van der Waals surface area contributed by atoms with E-state index in [4.69, 9.17) is 10.5 Å². The van der Waals surface area contributed by atoms with Gasteiger partial charge in [-0.2, -0.15) is 0 Å². The first-order chi connectivity index (χ1) is 12.1. The summed E-state index contributed by atoms with van der Waals surface area (Å²) in [5, 5.41) is 2.88. The molecular weight excluding hydrogens is 386 g/mol. The first-order valence-corrected chi connectivity index (χ1v) is 8.64. The number of aldehydes is 1. The summed E-state index contributed by atoms with van der Waals surface area (Å²) in [5.41, 5.74) is 7.10. The third-order valence-corrected chi connectivity index (χ3v) is 3.81. The summed E-state index contributed by atoms with van der Waals surface area (Å²) in [5.74, 6) is 1.07. The summed E-state index contributed by atoms with van der Waals surface area (Å²) in [4.78, 5) is 21.7. The Morgan fingerprint density at radius 3 is 2.92 bits per heavy atom. The van der Waals surface area contributed by atoms with Gasteiger partial charge in [0.1, 0.15) is 24.5 Å². The van der Waals surface area contributed by atoms with E-state index in [1.165, 1.54) is 0 Å². The number of nitrogens with two attached hydrogens (primary N) is 1. The van der Waals surface area contributed by atoms with E-state index >= 15 is 0 Å². The molecule has 0 unspecified atom stereocenters. The van der Waals surface area contributed by atoms with Gasteiger partial charge in [-0.05, 0) is 29.3 Å². The van der Waals surface area contributed by atoms with E-state index < -0.39 is 0 Å². The lowest BCUT2D eigenvalue weighted by atomic mass is 10.2. The Kier molecular flexibility index (Phi) is 9.49. The number of amidine groups is 2. The van der Waals surface area contributed by atoms with Crippen molar-refractivity contribution in [2.75, 3.05) is 26.9 Å². The summed E-state index contributed by atoms with van der Waals surface area (Å²) >= 11 is 3.44. The molecule has 0 saturated heterocycles. The number of aliphatic imine (C=N–C) groups is 2. The molecule has 0 atom stereocenters. The number of nitrogens with one attached hydrogen (secondary N) is 1. The average molecular weight is 410 g/mol. The van der Waals surface area contributed by atoms with Crippen molar-refractivity contribution in [3.05, 3.63) is 48.0 Å². The molecule has 7 nitrogen and oxygen atoms in total. The normalized spacial score (nSPS) is 18.7. The van der Waals surface area contributed by atoms with Crippen LogP contribution in [-0.2, 0) is 9.53 Å². The molecule has 1 aliphatic heterocycles. The molecule has 136 valence electrons. The monoisotopic (exact) mass is 409 g/mol. The van der Waals surface area contributed by atoms with Gasteiger partial charge >= 0.3 is 0 Å². The zero-order valence-corrected chi connectivity index (χ0v) is 16.1. The van der Waals surface area contributed by atoms with Crippen molar-refractivity contribution in [2.24, 2.45) is 15.7 Å². The molecule has 0 spiro atoms. The summed E-state index contributed by atoms with van der Waals surface area (Å²) in [6.45, 7) is 6.91. The fraction of sp³-hybridized carbons (Fsp3) is 0.353. The number of ether oxygens (including phenoxy) is 1. The van der Waals surface area contributed by atoms with Gasteiger partial charge in [-0.3, -0.25) is 4.79 Å². The predicted octanol–water partition coefficient (Wildman–Crippen LogP) is 2.05. The van der Waals surface area contributed by atoms with Crippen molar-refractivity contribution >= 4 is 32.8 Å². The molecule has 3 N–H and O–H groups in total. The fourth-order valence-electron chi connectivity index (χ4n) is 1.97. The standard InChI is InChI=1S/C17H24BrN5O2/c1-4-8-13(11-24)9-6-7-10-23-16(21-12-25-5-2)14(15(19)20-3)22-17(23)18/h4,6,8-9,11,20H,1,5,7,10,12,19H2,2-3H3/b9-6-,13-8+,15-14+,21-16+. The Hall–Kier alpha value is -2.19. The third kappa shape index (κ3) is 6.32. The molecule has 1 aliphatic rings. The Morgan fingerprint density at radius 1 is 1.56 bits per heavy atom. The Morgan fingerprint density at radius 2 is 2.32 bits per heavy atom. The van der Waals surface area contributed by atoms with Crippen LogP contribution in [0.15, 0.2) is 58.0 Å². The smallest absolute Gasteiger partial charge is 0.179 e. The maximum absolute atomic E-state index is 10.9. The number of hydrogen-bond acceptors (Lipinski definition) is 6. The van der Waals surface area contributed by atoms with E-state index in [-0.39, 0.29) is 6.73 Å². The van der Waals surface area contributed by atoms with Crippen molar-refractivity contribution < 1.29 is 9.53 Å². The summed E-state index contributed by atoms with van der Waals surface area (Å²) in [7, 11) is 1.73. The molecule has 0 radical (unpaired) electrons. The van der Waals surface area contributed by atoms with Crippen LogP contribution >= 0.6 is 15.9 Å². The molecule has 0 aromatic carbocycles. The second-order valence-electron chi connectivity index (χ2n) is 4.86. The van der Waals surface area contributed by atoms with Crippen LogP contribution in [-0.4, -0.2) is 48.7 Å². The molecular formula is C17H24BrN5O2. The van der Waals surface area contributed by atoms with Crippen LogP contribution in [0.25, 0.3) is 0 Å². The van der Waals surface area contributed by atoms with Gasteiger partial charge in [0, 0.05) is 25.8 Å². The van der Waals surface area contributed by atoms with Crippen molar-refractivity contribution in [3.63, 3.8) is 0 Å². The number of allylic oxidation sites excluding steroid dienone is 4. The molecule has 0 saturated carbocycles. The quantitative estimate of drug-likeness (QED) is 0.189. The van der Waals surface area contributed by atoms with Gasteiger partial charge in [-0.25, -0.2) is 9.98 Å². The third-order valence-electron chi connectivity index (χ3n) is 3.20. The van der Waals surface area contributed by atoms with Crippen molar-refractivity contribution in [1.29, 1.82) is 0 Å². The van der Waals surface area contributed by atoms with Gasteiger partial charge in [0.25, 0.3) is 0 Å². The highest BCUT2D eigenvalue weighted by atomic mass is 79.9. The Bertz CT molecular complexity index is 635. The summed E-state index contributed by atoms with van der Waals surface area (Å²) in [6.07, 6.45) is 8.37. The number of nitrogens with zero attached hydrogens (tertiary/aromatic N) is 3. The van der Waals surface area contributed by atoms with Crippen LogP contribution in [0.3, 0.4) is 0 Å². The number of carbonyl (C=O) groups excluding carboxylic acids is 1. The van der Waals surface area contributed by atoms with Crippen molar-refractivity contribution in [1.82, 2.24) is 10.2 Å². The summed E-state index contributed by atoms with van der Waals surface area (Å²) < 4.78 is 5.93. The van der Waals surface area contributed by atoms with E-state index in [1.807, 2.05) is 17.9 Å². The van der Waals surface area contributed by atoms with Crippen LogP contribution in [0.1, 0.15) is 13.3 Å². The minimum atomic E-state index is 0.228.